The second-order valence-electron chi connectivity index (χ2n) is 4.78. The molecule has 1 heterocycles. The first-order valence-corrected chi connectivity index (χ1v) is 8.15. The van der Waals surface area contributed by atoms with Crippen molar-refractivity contribution in [2.75, 3.05) is 13.1 Å². The lowest BCUT2D eigenvalue weighted by atomic mass is 9.89. The maximum absolute atomic E-state index is 13.4. The third-order valence-corrected chi connectivity index (χ3v) is 5.97. The van der Waals surface area contributed by atoms with Gasteiger partial charge >= 0.3 is 5.97 Å². The molecule has 1 aliphatic heterocycles. The molecule has 1 aromatic carbocycles. The van der Waals surface area contributed by atoms with Crippen LogP contribution in [-0.4, -0.2) is 36.9 Å². The summed E-state index contributed by atoms with van der Waals surface area (Å²) in [5.41, 5.74) is 0. The third-order valence-electron chi connectivity index (χ3n) is 3.50. The van der Waals surface area contributed by atoms with Crippen LogP contribution in [-0.2, 0) is 14.8 Å². The van der Waals surface area contributed by atoms with Gasteiger partial charge < -0.3 is 5.11 Å². The van der Waals surface area contributed by atoms with Crippen molar-refractivity contribution >= 4 is 31.9 Å². The Bertz CT molecular complexity index is 643. The molecule has 110 valence electrons. The van der Waals surface area contributed by atoms with Gasteiger partial charge in [0.2, 0.25) is 10.0 Å². The highest BCUT2D eigenvalue weighted by Crippen LogP contribution is 2.30. The normalized spacial score (nSPS) is 18.6. The van der Waals surface area contributed by atoms with E-state index in [2.05, 4.69) is 15.9 Å². The Kier molecular flexibility index (Phi) is 4.17. The van der Waals surface area contributed by atoms with E-state index >= 15 is 0 Å². The van der Waals surface area contributed by atoms with Crippen LogP contribution in [0.2, 0.25) is 0 Å². The number of aliphatic carboxylic acids is 1. The van der Waals surface area contributed by atoms with Gasteiger partial charge in [0, 0.05) is 13.1 Å². The van der Waals surface area contributed by atoms with Crippen LogP contribution in [0.25, 0.3) is 0 Å². The van der Waals surface area contributed by atoms with E-state index in [0.29, 0.717) is 0 Å². The van der Waals surface area contributed by atoms with Crippen LogP contribution in [0.3, 0.4) is 0 Å². The zero-order chi connectivity index (χ0) is 15.1. The molecule has 0 radical (unpaired) electrons. The first kappa shape index (κ1) is 15.4. The Hall–Kier alpha value is -0.990. The fourth-order valence-electron chi connectivity index (χ4n) is 1.97. The predicted molar refractivity (Wildman–Crippen MR) is 73.1 cm³/mol. The van der Waals surface area contributed by atoms with Crippen molar-refractivity contribution < 1.29 is 22.7 Å². The molecule has 1 unspecified atom stereocenters. The molecule has 0 amide bonds. The molecule has 0 bridgehead atoms. The van der Waals surface area contributed by atoms with Crippen molar-refractivity contribution in [1.82, 2.24) is 4.31 Å². The number of benzene rings is 1. The molecule has 1 saturated heterocycles. The van der Waals surface area contributed by atoms with E-state index < -0.39 is 27.7 Å². The van der Waals surface area contributed by atoms with Crippen LogP contribution in [0.1, 0.15) is 6.92 Å². The summed E-state index contributed by atoms with van der Waals surface area (Å²) in [5.74, 6) is -2.39. The number of hydrogen-bond donors (Lipinski definition) is 1. The summed E-state index contributed by atoms with van der Waals surface area (Å²) in [6.07, 6.45) is 0. The van der Waals surface area contributed by atoms with Crippen LogP contribution in [0.5, 0.6) is 0 Å². The van der Waals surface area contributed by atoms with Gasteiger partial charge in [-0.05, 0) is 40.0 Å². The number of carboxylic acids is 1. The van der Waals surface area contributed by atoms with Crippen LogP contribution < -0.4 is 0 Å². The summed E-state index contributed by atoms with van der Waals surface area (Å²) < 4.78 is 39.2. The molecular weight excluding hydrogens is 353 g/mol. The average Bonchev–Trinajstić information content (AvgIpc) is 2.29. The summed E-state index contributed by atoms with van der Waals surface area (Å²) in [6, 6.07) is 3.60. The molecule has 20 heavy (non-hydrogen) atoms. The highest BCUT2D eigenvalue weighted by molar-refractivity contribution is 9.10. The largest absolute Gasteiger partial charge is 0.481 e. The Morgan fingerprint density at radius 1 is 1.50 bits per heavy atom. The van der Waals surface area contributed by atoms with Crippen LogP contribution in [0.4, 0.5) is 4.39 Å². The summed E-state index contributed by atoms with van der Waals surface area (Å²) >= 11 is 2.96. The maximum atomic E-state index is 13.4. The number of halogens is 2. The van der Waals surface area contributed by atoms with Crippen LogP contribution in [0, 0.1) is 17.7 Å². The minimum atomic E-state index is -3.75. The summed E-state index contributed by atoms with van der Waals surface area (Å²) in [4.78, 5) is 10.7. The summed E-state index contributed by atoms with van der Waals surface area (Å²) in [5, 5.41) is 8.87. The van der Waals surface area contributed by atoms with Gasteiger partial charge in [-0.1, -0.05) is 6.92 Å². The third kappa shape index (κ3) is 2.72. The van der Waals surface area contributed by atoms with E-state index in [4.69, 9.17) is 5.11 Å². The number of carbonyl (C=O) groups is 1. The molecule has 5 nitrogen and oxygen atoms in total. The lowest BCUT2D eigenvalue weighted by Crippen LogP contribution is -2.53. The van der Waals surface area contributed by atoms with Gasteiger partial charge in [-0.15, -0.1) is 0 Å². The van der Waals surface area contributed by atoms with E-state index in [0.717, 1.165) is 6.07 Å². The van der Waals surface area contributed by atoms with E-state index in [1.165, 1.54) is 16.4 Å². The molecule has 1 fully saturated rings. The topological polar surface area (TPSA) is 74.7 Å². The molecule has 1 N–H and O–H groups in total. The number of sulfonamides is 1. The molecule has 2 rings (SSSR count). The summed E-state index contributed by atoms with van der Waals surface area (Å²) in [7, 11) is -3.75. The van der Waals surface area contributed by atoms with E-state index in [9.17, 15) is 17.6 Å². The SMILES string of the molecule is CC(C(=O)O)C1CN(S(=O)(=O)c2ccc(Br)c(F)c2)C1. The van der Waals surface area contributed by atoms with Crippen molar-refractivity contribution in [2.24, 2.45) is 11.8 Å². The molecule has 0 aliphatic carbocycles. The molecule has 0 aromatic heterocycles. The lowest BCUT2D eigenvalue weighted by molar-refractivity contribution is -0.144. The van der Waals surface area contributed by atoms with Gasteiger partial charge in [-0.2, -0.15) is 4.31 Å². The van der Waals surface area contributed by atoms with Crippen LogP contribution >= 0.6 is 15.9 Å². The smallest absolute Gasteiger partial charge is 0.306 e. The highest BCUT2D eigenvalue weighted by atomic mass is 79.9. The maximum Gasteiger partial charge on any atom is 0.306 e. The van der Waals surface area contributed by atoms with E-state index in [1.807, 2.05) is 0 Å². The van der Waals surface area contributed by atoms with Crippen LogP contribution in [0.15, 0.2) is 27.6 Å². The minimum Gasteiger partial charge on any atom is -0.481 e. The van der Waals surface area contributed by atoms with Gasteiger partial charge in [-0.25, -0.2) is 12.8 Å². The number of hydrogen-bond acceptors (Lipinski definition) is 3. The Morgan fingerprint density at radius 2 is 2.10 bits per heavy atom. The average molecular weight is 366 g/mol. The minimum absolute atomic E-state index is 0.125. The molecule has 8 heteroatoms. The zero-order valence-corrected chi connectivity index (χ0v) is 13.0. The highest BCUT2D eigenvalue weighted by Gasteiger charge is 2.41. The molecule has 0 saturated carbocycles. The van der Waals surface area contributed by atoms with Gasteiger partial charge in [0.15, 0.2) is 0 Å². The quantitative estimate of drug-likeness (QED) is 0.884. The van der Waals surface area contributed by atoms with Gasteiger partial charge in [0.1, 0.15) is 5.82 Å². The van der Waals surface area contributed by atoms with Crippen molar-refractivity contribution in [3.05, 3.63) is 28.5 Å². The Morgan fingerprint density at radius 3 is 2.60 bits per heavy atom. The summed E-state index contributed by atoms with van der Waals surface area (Å²) in [6.45, 7) is 1.84. The fourth-order valence-corrected chi connectivity index (χ4v) is 3.78. The van der Waals surface area contributed by atoms with Crippen molar-refractivity contribution in [3.63, 3.8) is 0 Å². The second kappa shape index (κ2) is 5.42. The van der Waals surface area contributed by atoms with E-state index in [-0.39, 0.29) is 28.4 Å². The number of rotatable bonds is 4. The van der Waals surface area contributed by atoms with Gasteiger partial charge in [-0.3, -0.25) is 4.79 Å². The molecule has 1 atom stereocenters. The Balaban J connectivity index is 2.14. The first-order valence-electron chi connectivity index (χ1n) is 5.91. The predicted octanol–water partition coefficient (Wildman–Crippen LogP) is 1.93. The van der Waals surface area contributed by atoms with Gasteiger partial charge in [0.05, 0.1) is 15.3 Å². The lowest BCUT2D eigenvalue weighted by Gasteiger charge is -2.39. The van der Waals surface area contributed by atoms with Crippen molar-refractivity contribution in [3.8, 4) is 0 Å². The fraction of sp³-hybridized carbons (Fsp3) is 0.417. The molecule has 1 aliphatic rings. The van der Waals surface area contributed by atoms with Crippen molar-refractivity contribution in [1.29, 1.82) is 0 Å². The molecular formula is C12H13BrFNO4S. The number of nitrogens with zero attached hydrogens (tertiary/aromatic N) is 1. The Labute approximate surface area is 124 Å². The standard InChI is InChI=1S/C12H13BrFNO4S/c1-7(12(16)17)8-5-15(6-8)20(18,19)9-2-3-10(13)11(14)4-9/h2-4,7-8H,5-6H2,1H3,(H,16,17). The first-order chi connectivity index (χ1) is 9.23. The number of carboxylic acid groups (broad SMARTS) is 1. The van der Waals surface area contributed by atoms with E-state index in [1.54, 1.807) is 6.92 Å². The van der Waals surface area contributed by atoms with Gasteiger partial charge in [0.25, 0.3) is 0 Å². The zero-order valence-electron chi connectivity index (χ0n) is 10.6. The molecule has 1 aromatic rings. The van der Waals surface area contributed by atoms with Crippen molar-refractivity contribution in [2.45, 2.75) is 11.8 Å². The second-order valence-corrected chi connectivity index (χ2v) is 7.58. The monoisotopic (exact) mass is 365 g/mol. The molecule has 0 spiro atoms.